The molecule has 1 aromatic heterocycles. The Bertz CT molecular complexity index is 517. The van der Waals surface area contributed by atoms with Crippen molar-refractivity contribution >= 4 is 11.3 Å². The summed E-state index contributed by atoms with van der Waals surface area (Å²) < 4.78 is 10.6. The summed E-state index contributed by atoms with van der Waals surface area (Å²) in [6.45, 7) is 0. The number of nitrogens with one attached hydrogen (secondary N) is 1. The van der Waals surface area contributed by atoms with Crippen molar-refractivity contribution < 1.29 is 9.47 Å². The van der Waals surface area contributed by atoms with Gasteiger partial charge in [0.05, 0.1) is 25.3 Å². The summed E-state index contributed by atoms with van der Waals surface area (Å²) in [7, 11) is 3.26. The van der Waals surface area contributed by atoms with Crippen LogP contribution in [0.15, 0.2) is 29.8 Å². The Morgan fingerprint density at radius 2 is 2.21 bits per heavy atom. The van der Waals surface area contributed by atoms with E-state index in [0.29, 0.717) is 0 Å². The van der Waals surface area contributed by atoms with Crippen molar-refractivity contribution in [3.8, 4) is 11.5 Å². The van der Waals surface area contributed by atoms with Gasteiger partial charge in [-0.15, -0.1) is 11.3 Å². The molecule has 102 valence electrons. The number of hydrazine groups is 1. The highest BCUT2D eigenvalue weighted by molar-refractivity contribution is 7.09. The molecule has 0 radical (unpaired) electrons. The topological polar surface area (TPSA) is 69.4 Å². The first kappa shape index (κ1) is 13.8. The number of benzene rings is 1. The van der Waals surface area contributed by atoms with Crippen LogP contribution in [0.4, 0.5) is 0 Å². The van der Waals surface area contributed by atoms with Crippen LogP contribution < -0.4 is 20.7 Å². The molecule has 0 bridgehead atoms. The van der Waals surface area contributed by atoms with Crippen LogP contribution in [0, 0.1) is 0 Å². The lowest BCUT2D eigenvalue weighted by atomic mass is 10.0. The number of nitrogens with zero attached hydrogens (tertiary/aromatic N) is 1. The standard InChI is InChI=1S/C13H17N3O2S/c1-17-9-3-4-10(12(7-9)18-2)11(16-14)8-13-15-5-6-19-13/h3-7,11,16H,8,14H2,1-2H3. The minimum atomic E-state index is -0.0491. The van der Waals surface area contributed by atoms with Crippen LogP contribution in [0.1, 0.15) is 16.6 Å². The molecule has 0 aliphatic rings. The average molecular weight is 279 g/mol. The Morgan fingerprint density at radius 3 is 2.79 bits per heavy atom. The predicted octanol–water partition coefficient (Wildman–Crippen LogP) is 1.91. The molecule has 0 amide bonds. The molecular formula is C13H17N3O2S. The lowest BCUT2D eigenvalue weighted by molar-refractivity contribution is 0.384. The van der Waals surface area contributed by atoms with Gasteiger partial charge in [-0.2, -0.15) is 0 Å². The summed E-state index contributed by atoms with van der Waals surface area (Å²) in [6.07, 6.45) is 2.51. The van der Waals surface area contributed by atoms with E-state index in [1.165, 1.54) is 0 Å². The molecule has 6 heteroatoms. The molecule has 0 saturated carbocycles. The summed E-state index contributed by atoms with van der Waals surface area (Å²) in [6, 6.07) is 5.65. The fourth-order valence-corrected chi connectivity index (χ4v) is 2.56. The normalized spacial score (nSPS) is 12.2. The molecule has 1 atom stereocenters. The van der Waals surface area contributed by atoms with E-state index >= 15 is 0 Å². The summed E-state index contributed by atoms with van der Waals surface area (Å²) in [5, 5.41) is 2.98. The zero-order chi connectivity index (χ0) is 13.7. The van der Waals surface area contributed by atoms with E-state index in [-0.39, 0.29) is 6.04 Å². The maximum atomic E-state index is 5.66. The minimum Gasteiger partial charge on any atom is -0.497 e. The van der Waals surface area contributed by atoms with Gasteiger partial charge in [0.25, 0.3) is 0 Å². The SMILES string of the molecule is COc1ccc(C(Cc2nccs2)NN)c(OC)c1. The van der Waals surface area contributed by atoms with Gasteiger partial charge in [0.1, 0.15) is 11.5 Å². The van der Waals surface area contributed by atoms with Crippen molar-refractivity contribution in [1.29, 1.82) is 0 Å². The molecule has 5 nitrogen and oxygen atoms in total. The molecule has 0 aliphatic heterocycles. The first-order valence-electron chi connectivity index (χ1n) is 5.85. The number of hydrogen-bond acceptors (Lipinski definition) is 6. The smallest absolute Gasteiger partial charge is 0.127 e. The highest BCUT2D eigenvalue weighted by atomic mass is 32.1. The molecule has 2 rings (SSSR count). The van der Waals surface area contributed by atoms with Crippen molar-refractivity contribution in [2.45, 2.75) is 12.5 Å². The number of nitrogens with two attached hydrogens (primary N) is 1. The highest BCUT2D eigenvalue weighted by Gasteiger charge is 2.17. The maximum Gasteiger partial charge on any atom is 0.127 e. The van der Waals surface area contributed by atoms with Gasteiger partial charge < -0.3 is 9.47 Å². The number of ether oxygens (including phenoxy) is 2. The van der Waals surface area contributed by atoms with Gasteiger partial charge in [-0.3, -0.25) is 11.3 Å². The zero-order valence-electron chi connectivity index (χ0n) is 10.9. The number of thiazole rings is 1. The minimum absolute atomic E-state index is 0.0491. The summed E-state index contributed by atoms with van der Waals surface area (Å²) in [5.74, 6) is 7.16. The van der Waals surface area contributed by atoms with Crippen LogP contribution in [0.2, 0.25) is 0 Å². The number of aromatic nitrogens is 1. The fourth-order valence-electron chi connectivity index (χ4n) is 1.89. The van der Waals surface area contributed by atoms with Crippen LogP contribution in [0.5, 0.6) is 11.5 Å². The molecule has 0 aliphatic carbocycles. The van der Waals surface area contributed by atoms with Crippen LogP contribution in [0.25, 0.3) is 0 Å². The molecule has 0 fully saturated rings. The second-order valence-electron chi connectivity index (χ2n) is 3.96. The summed E-state index contributed by atoms with van der Waals surface area (Å²) >= 11 is 1.61. The van der Waals surface area contributed by atoms with Crippen LogP contribution in [0.3, 0.4) is 0 Å². The van der Waals surface area contributed by atoms with Crippen LogP contribution in [-0.4, -0.2) is 19.2 Å². The van der Waals surface area contributed by atoms with E-state index < -0.39 is 0 Å². The molecular weight excluding hydrogens is 262 g/mol. The third-order valence-corrected chi connectivity index (χ3v) is 3.68. The quantitative estimate of drug-likeness (QED) is 0.624. The monoisotopic (exact) mass is 279 g/mol. The van der Waals surface area contributed by atoms with Crippen molar-refractivity contribution in [3.63, 3.8) is 0 Å². The first-order chi connectivity index (χ1) is 9.28. The van der Waals surface area contributed by atoms with E-state index in [9.17, 15) is 0 Å². The second kappa shape index (κ2) is 6.51. The van der Waals surface area contributed by atoms with Gasteiger partial charge in [0.15, 0.2) is 0 Å². The molecule has 1 aromatic carbocycles. The molecule has 1 heterocycles. The first-order valence-corrected chi connectivity index (χ1v) is 6.73. The van der Waals surface area contributed by atoms with Crippen LogP contribution in [-0.2, 0) is 6.42 Å². The summed E-state index contributed by atoms with van der Waals surface area (Å²) in [5.41, 5.74) is 3.80. The largest absolute Gasteiger partial charge is 0.497 e. The lowest BCUT2D eigenvalue weighted by Crippen LogP contribution is -2.29. The van der Waals surface area contributed by atoms with Gasteiger partial charge in [0, 0.05) is 29.6 Å². The predicted molar refractivity (Wildman–Crippen MR) is 75.4 cm³/mol. The molecule has 0 spiro atoms. The molecule has 2 aromatic rings. The third-order valence-electron chi connectivity index (χ3n) is 2.88. The van der Waals surface area contributed by atoms with Gasteiger partial charge >= 0.3 is 0 Å². The van der Waals surface area contributed by atoms with Crippen LogP contribution >= 0.6 is 11.3 Å². The van der Waals surface area contributed by atoms with Crippen molar-refractivity contribution in [2.75, 3.05) is 14.2 Å². The molecule has 1 unspecified atom stereocenters. The Morgan fingerprint density at radius 1 is 1.37 bits per heavy atom. The van der Waals surface area contributed by atoms with Crippen molar-refractivity contribution in [1.82, 2.24) is 10.4 Å². The van der Waals surface area contributed by atoms with E-state index in [2.05, 4.69) is 10.4 Å². The fraction of sp³-hybridized carbons (Fsp3) is 0.308. The Balaban J connectivity index is 2.26. The molecule has 3 N–H and O–H groups in total. The zero-order valence-corrected chi connectivity index (χ0v) is 11.7. The van der Waals surface area contributed by atoms with Crippen molar-refractivity contribution in [3.05, 3.63) is 40.3 Å². The van der Waals surface area contributed by atoms with Gasteiger partial charge in [-0.05, 0) is 6.07 Å². The van der Waals surface area contributed by atoms with Gasteiger partial charge in [-0.1, -0.05) is 6.07 Å². The number of methoxy groups -OCH3 is 2. The van der Waals surface area contributed by atoms with Gasteiger partial charge in [-0.25, -0.2) is 4.98 Å². The van der Waals surface area contributed by atoms with Gasteiger partial charge in [0.2, 0.25) is 0 Å². The summed E-state index contributed by atoms with van der Waals surface area (Å²) in [4.78, 5) is 4.28. The number of hydrogen-bond donors (Lipinski definition) is 2. The van der Waals surface area contributed by atoms with E-state index in [1.807, 2.05) is 23.6 Å². The lowest BCUT2D eigenvalue weighted by Gasteiger charge is -2.18. The average Bonchev–Trinajstić information content (AvgIpc) is 2.97. The Labute approximate surface area is 116 Å². The third kappa shape index (κ3) is 3.23. The maximum absolute atomic E-state index is 5.66. The van der Waals surface area contributed by atoms with E-state index in [0.717, 1.165) is 28.5 Å². The Hall–Kier alpha value is -1.63. The molecule has 0 saturated heterocycles. The molecule has 19 heavy (non-hydrogen) atoms. The number of rotatable bonds is 6. The second-order valence-corrected chi connectivity index (χ2v) is 4.94. The van der Waals surface area contributed by atoms with E-state index in [1.54, 1.807) is 31.8 Å². The van der Waals surface area contributed by atoms with Crippen molar-refractivity contribution in [2.24, 2.45) is 5.84 Å². The Kier molecular flexibility index (Phi) is 4.73. The van der Waals surface area contributed by atoms with E-state index in [4.69, 9.17) is 15.3 Å². The highest BCUT2D eigenvalue weighted by Crippen LogP contribution is 2.31.